The molecule has 2 saturated heterocycles. The summed E-state index contributed by atoms with van der Waals surface area (Å²) in [6.45, 7) is 0. The van der Waals surface area contributed by atoms with E-state index in [4.69, 9.17) is 11.6 Å². The number of halogens is 1. The van der Waals surface area contributed by atoms with Gasteiger partial charge in [0.05, 0.1) is 0 Å². The summed E-state index contributed by atoms with van der Waals surface area (Å²) in [5.74, 6) is 1.35. The summed E-state index contributed by atoms with van der Waals surface area (Å²) in [6, 6.07) is 0. The Morgan fingerprint density at radius 1 is 1.05 bits per heavy atom. The van der Waals surface area contributed by atoms with Gasteiger partial charge in [-0.15, -0.1) is 23.5 Å². The van der Waals surface area contributed by atoms with Gasteiger partial charge in [-0.25, -0.2) is 0 Å². The molecule has 3 rings (SSSR count). The van der Waals surface area contributed by atoms with Gasteiger partial charge in [0, 0.05) is 11.5 Å². The molecular formula is C13H16ClNO3S2. The largest absolute Gasteiger partial charge is 0.279 e. The fourth-order valence-electron chi connectivity index (χ4n) is 3.36. The molecule has 4 nitrogen and oxygen atoms in total. The van der Waals surface area contributed by atoms with Crippen molar-refractivity contribution in [3.05, 3.63) is 0 Å². The summed E-state index contributed by atoms with van der Waals surface area (Å²) in [4.78, 5) is 38.5. The Morgan fingerprint density at radius 2 is 1.55 bits per heavy atom. The molecule has 7 heteroatoms. The average molecular weight is 334 g/mol. The highest BCUT2D eigenvalue weighted by Crippen LogP contribution is 2.45. The Hall–Kier alpha value is -0.200. The number of rotatable bonds is 2. The first kappa shape index (κ1) is 14.7. The summed E-state index contributed by atoms with van der Waals surface area (Å²) >= 11 is 8.90. The molecule has 0 bridgehead atoms. The Kier molecular flexibility index (Phi) is 4.08. The SMILES string of the molecule is O=C1C2SCCSC2C(=O)N1C1(C(=O)Cl)CCCCC1. The highest BCUT2D eigenvalue weighted by atomic mass is 35.5. The van der Waals surface area contributed by atoms with Gasteiger partial charge >= 0.3 is 0 Å². The van der Waals surface area contributed by atoms with Crippen LogP contribution in [0.2, 0.25) is 0 Å². The second-order valence-electron chi connectivity index (χ2n) is 5.46. The van der Waals surface area contributed by atoms with Crippen LogP contribution >= 0.6 is 35.1 Å². The first-order valence-corrected chi connectivity index (χ1v) is 9.36. The van der Waals surface area contributed by atoms with E-state index in [9.17, 15) is 14.4 Å². The second-order valence-corrected chi connectivity index (χ2v) is 8.30. The number of nitrogens with zero attached hydrogens (tertiary/aromatic N) is 1. The van der Waals surface area contributed by atoms with Crippen molar-refractivity contribution in [2.75, 3.05) is 11.5 Å². The highest BCUT2D eigenvalue weighted by Gasteiger charge is 2.59. The molecule has 0 aromatic rings. The second kappa shape index (κ2) is 5.54. The molecule has 3 aliphatic rings. The number of thioether (sulfide) groups is 2. The van der Waals surface area contributed by atoms with Gasteiger partial charge in [0.1, 0.15) is 16.0 Å². The van der Waals surface area contributed by atoms with Crippen molar-refractivity contribution in [2.45, 2.75) is 48.1 Å². The van der Waals surface area contributed by atoms with E-state index in [1.54, 1.807) is 0 Å². The van der Waals surface area contributed by atoms with E-state index in [2.05, 4.69) is 0 Å². The highest BCUT2D eigenvalue weighted by molar-refractivity contribution is 8.08. The third-order valence-corrected chi connectivity index (χ3v) is 7.68. The lowest BCUT2D eigenvalue weighted by Crippen LogP contribution is -2.57. The van der Waals surface area contributed by atoms with Crippen LogP contribution in [0.3, 0.4) is 0 Å². The van der Waals surface area contributed by atoms with Crippen molar-refractivity contribution in [3.8, 4) is 0 Å². The lowest BCUT2D eigenvalue weighted by atomic mass is 9.81. The fourth-order valence-corrected chi connectivity index (χ4v) is 6.46. The Labute approximate surface area is 131 Å². The summed E-state index contributed by atoms with van der Waals surface area (Å²) in [7, 11) is 0. The zero-order valence-corrected chi connectivity index (χ0v) is 13.4. The van der Waals surface area contributed by atoms with Crippen LogP contribution in [0.1, 0.15) is 32.1 Å². The predicted molar refractivity (Wildman–Crippen MR) is 81.0 cm³/mol. The molecule has 2 heterocycles. The third-order valence-electron chi connectivity index (χ3n) is 4.36. The molecule has 0 radical (unpaired) electrons. The molecule has 1 aliphatic carbocycles. The van der Waals surface area contributed by atoms with Gasteiger partial charge in [-0.1, -0.05) is 19.3 Å². The molecule has 20 heavy (non-hydrogen) atoms. The van der Waals surface area contributed by atoms with Gasteiger partial charge in [-0.2, -0.15) is 0 Å². The molecule has 2 atom stereocenters. The molecule has 0 spiro atoms. The van der Waals surface area contributed by atoms with Crippen molar-refractivity contribution in [2.24, 2.45) is 0 Å². The molecule has 3 fully saturated rings. The molecular weight excluding hydrogens is 318 g/mol. The topological polar surface area (TPSA) is 54.5 Å². The van der Waals surface area contributed by atoms with Crippen molar-refractivity contribution in [3.63, 3.8) is 0 Å². The number of amides is 2. The minimum absolute atomic E-state index is 0.201. The number of hydrogen-bond acceptors (Lipinski definition) is 5. The lowest BCUT2D eigenvalue weighted by molar-refractivity contribution is -0.151. The molecule has 1 saturated carbocycles. The van der Waals surface area contributed by atoms with E-state index >= 15 is 0 Å². The van der Waals surface area contributed by atoms with Crippen LogP contribution < -0.4 is 0 Å². The lowest BCUT2D eigenvalue weighted by Gasteiger charge is -2.40. The van der Waals surface area contributed by atoms with E-state index in [-0.39, 0.29) is 22.3 Å². The molecule has 0 N–H and O–H groups in total. The van der Waals surface area contributed by atoms with Crippen LogP contribution in [-0.4, -0.2) is 49.5 Å². The summed E-state index contributed by atoms with van der Waals surface area (Å²) < 4.78 is 0. The quantitative estimate of drug-likeness (QED) is 0.572. The van der Waals surface area contributed by atoms with E-state index in [1.807, 2.05) is 0 Å². The summed E-state index contributed by atoms with van der Waals surface area (Å²) in [5.41, 5.74) is -1.08. The number of hydrogen-bond donors (Lipinski definition) is 0. The third kappa shape index (κ3) is 2.11. The van der Waals surface area contributed by atoms with Crippen molar-refractivity contribution < 1.29 is 14.4 Å². The van der Waals surface area contributed by atoms with Gasteiger partial charge in [0.2, 0.25) is 17.1 Å². The standard InChI is InChI=1S/C13H16ClNO3S2/c14-12(18)13(4-2-1-3-5-13)15-10(16)8-9(11(15)17)20-7-6-19-8/h8-9H,1-7H2. The normalized spacial score (nSPS) is 33.1. The van der Waals surface area contributed by atoms with Crippen LogP contribution in [0, 0.1) is 0 Å². The van der Waals surface area contributed by atoms with Crippen molar-refractivity contribution in [1.82, 2.24) is 4.90 Å². The maximum atomic E-state index is 12.6. The fraction of sp³-hybridized carbons (Fsp3) is 0.769. The summed E-state index contributed by atoms with van der Waals surface area (Å²) in [6.07, 6.45) is 3.73. The van der Waals surface area contributed by atoms with E-state index in [1.165, 1.54) is 28.4 Å². The van der Waals surface area contributed by atoms with E-state index < -0.39 is 10.8 Å². The van der Waals surface area contributed by atoms with Crippen LogP contribution in [0.15, 0.2) is 0 Å². The van der Waals surface area contributed by atoms with Crippen molar-refractivity contribution >= 4 is 52.2 Å². The first-order valence-electron chi connectivity index (χ1n) is 6.89. The molecule has 2 unspecified atom stereocenters. The van der Waals surface area contributed by atoms with Gasteiger partial charge in [-0.05, 0) is 24.4 Å². The molecule has 110 valence electrons. The predicted octanol–water partition coefficient (Wildman–Crippen LogP) is 2.04. The smallest absolute Gasteiger partial charge is 0.247 e. The number of carbonyl (C=O) groups is 3. The van der Waals surface area contributed by atoms with Crippen molar-refractivity contribution in [1.29, 1.82) is 0 Å². The monoisotopic (exact) mass is 333 g/mol. The Morgan fingerprint density at radius 3 is 2.00 bits per heavy atom. The van der Waals surface area contributed by atoms with E-state index in [0.717, 1.165) is 30.8 Å². The molecule has 2 aliphatic heterocycles. The summed E-state index contributed by atoms with van der Waals surface area (Å²) in [5, 5.41) is -1.19. The average Bonchev–Trinajstić information content (AvgIpc) is 2.72. The van der Waals surface area contributed by atoms with Gasteiger partial charge in [0.25, 0.3) is 0 Å². The molecule has 0 aromatic heterocycles. The minimum atomic E-state index is -1.08. The molecule has 2 amide bonds. The number of imide groups is 1. The molecule has 0 aromatic carbocycles. The minimum Gasteiger partial charge on any atom is -0.279 e. The number of likely N-dealkylation sites (tertiary alicyclic amines) is 1. The van der Waals surface area contributed by atoms with Crippen LogP contribution in [0.5, 0.6) is 0 Å². The number of fused-ring (bicyclic) bond motifs is 1. The zero-order chi connectivity index (χ0) is 14.3. The van der Waals surface area contributed by atoms with Crippen LogP contribution in [-0.2, 0) is 14.4 Å². The van der Waals surface area contributed by atoms with E-state index in [0.29, 0.717) is 12.8 Å². The van der Waals surface area contributed by atoms with Gasteiger partial charge in [0.15, 0.2) is 0 Å². The zero-order valence-electron chi connectivity index (χ0n) is 11.0. The Balaban J connectivity index is 1.96. The maximum absolute atomic E-state index is 12.6. The van der Waals surface area contributed by atoms with Crippen LogP contribution in [0.25, 0.3) is 0 Å². The van der Waals surface area contributed by atoms with Gasteiger partial charge < -0.3 is 0 Å². The first-order chi connectivity index (χ1) is 9.58. The van der Waals surface area contributed by atoms with Gasteiger partial charge in [-0.3, -0.25) is 19.3 Å². The van der Waals surface area contributed by atoms with Crippen LogP contribution in [0.4, 0.5) is 0 Å². The Bertz CT molecular complexity index is 441. The maximum Gasteiger partial charge on any atom is 0.247 e. The number of carbonyl (C=O) groups excluding carboxylic acids is 3.